The van der Waals surface area contributed by atoms with Crippen LogP contribution < -0.4 is 5.32 Å². The Hall–Kier alpha value is -0.610. The van der Waals surface area contributed by atoms with Gasteiger partial charge in [0.05, 0.1) is 34.2 Å². The van der Waals surface area contributed by atoms with Crippen LogP contribution in [0.2, 0.25) is 0 Å². The van der Waals surface area contributed by atoms with Crippen LogP contribution in [0, 0.1) is 0 Å². The van der Waals surface area contributed by atoms with Crippen LogP contribution in [0.15, 0.2) is 0 Å². The number of unbranched alkanes of at least 4 members (excludes halogenated alkanes) is 11. The molecule has 0 heterocycles. The lowest BCUT2D eigenvalue weighted by Gasteiger charge is -2.23. The summed E-state index contributed by atoms with van der Waals surface area (Å²) in [7, 11) is 6.41. The fourth-order valence-electron chi connectivity index (χ4n) is 3.08. The van der Waals surface area contributed by atoms with Crippen LogP contribution in [0.25, 0.3) is 0 Å². The van der Waals surface area contributed by atoms with Crippen LogP contribution in [-0.4, -0.2) is 57.8 Å². The van der Waals surface area contributed by atoms with Gasteiger partial charge in [0, 0.05) is 19.6 Å². The fourth-order valence-corrected chi connectivity index (χ4v) is 3.08. The van der Waals surface area contributed by atoms with Gasteiger partial charge in [-0.05, 0) is 19.3 Å². The maximum atomic E-state index is 11.7. The van der Waals surface area contributed by atoms with E-state index in [1.165, 1.54) is 70.6 Å². The molecule has 4 nitrogen and oxygen atoms in total. The maximum absolute atomic E-state index is 11.7. The van der Waals surface area contributed by atoms with Crippen LogP contribution in [0.4, 0.5) is 0 Å². The molecule has 162 valence electrons. The highest BCUT2D eigenvalue weighted by Crippen LogP contribution is 2.11. The van der Waals surface area contributed by atoms with Crippen molar-refractivity contribution < 1.29 is 14.0 Å². The van der Waals surface area contributed by atoms with Gasteiger partial charge in [-0.3, -0.25) is 4.79 Å². The van der Waals surface area contributed by atoms with E-state index in [-0.39, 0.29) is 5.91 Å². The van der Waals surface area contributed by atoms with Crippen LogP contribution in [-0.2, 0) is 9.53 Å². The van der Waals surface area contributed by atoms with Crippen LogP contribution in [0.5, 0.6) is 0 Å². The Morgan fingerprint density at radius 2 is 1.22 bits per heavy atom. The van der Waals surface area contributed by atoms with Gasteiger partial charge < -0.3 is 14.5 Å². The molecule has 0 saturated carbocycles. The normalized spacial score (nSPS) is 11.7. The van der Waals surface area contributed by atoms with Gasteiger partial charge in [-0.15, -0.1) is 0 Å². The van der Waals surface area contributed by atoms with Gasteiger partial charge in [-0.2, -0.15) is 0 Å². The number of ether oxygens (including phenoxy) is 1. The Morgan fingerprint density at radius 3 is 1.74 bits per heavy atom. The van der Waals surface area contributed by atoms with Gasteiger partial charge in [0.1, 0.15) is 0 Å². The summed E-state index contributed by atoms with van der Waals surface area (Å²) in [6.45, 7) is 5.68. The van der Waals surface area contributed by atoms with E-state index in [4.69, 9.17) is 4.74 Å². The van der Waals surface area contributed by atoms with Gasteiger partial charge in [-0.1, -0.05) is 71.1 Å². The predicted molar refractivity (Wildman–Crippen MR) is 117 cm³/mol. The minimum absolute atomic E-state index is 0.175. The molecule has 0 saturated heterocycles. The summed E-state index contributed by atoms with van der Waals surface area (Å²) in [4.78, 5) is 11.7. The highest BCUT2D eigenvalue weighted by Gasteiger charge is 2.07. The van der Waals surface area contributed by atoms with Crippen molar-refractivity contribution in [1.82, 2.24) is 5.32 Å². The largest absolute Gasteiger partial charge is 0.381 e. The zero-order valence-corrected chi connectivity index (χ0v) is 19.0. The number of hydrogen-bond donors (Lipinski definition) is 1. The summed E-state index contributed by atoms with van der Waals surface area (Å²) in [5.74, 6) is 0.175. The van der Waals surface area contributed by atoms with Crippen molar-refractivity contribution in [3.63, 3.8) is 0 Å². The number of rotatable bonds is 20. The molecule has 0 atom stereocenters. The second-order valence-corrected chi connectivity index (χ2v) is 8.97. The van der Waals surface area contributed by atoms with Gasteiger partial charge in [0.2, 0.25) is 5.91 Å². The number of nitrogens with one attached hydrogen (secondary N) is 1. The molecule has 0 bridgehead atoms. The second kappa shape index (κ2) is 18.7. The predicted octanol–water partition coefficient (Wildman–Crippen LogP) is 5.31. The van der Waals surface area contributed by atoms with Crippen molar-refractivity contribution in [3.05, 3.63) is 0 Å². The van der Waals surface area contributed by atoms with Gasteiger partial charge >= 0.3 is 0 Å². The van der Waals surface area contributed by atoms with E-state index >= 15 is 0 Å². The summed E-state index contributed by atoms with van der Waals surface area (Å²) in [6.07, 6.45) is 17.6. The van der Waals surface area contributed by atoms with Crippen molar-refractivity contribution in [2.24, 2.45) is 0 Å². The quantitative estimate of drug-likeness (QED) is 0.228. The number of likely N-dealkylation sites (N-methyl/N-ethyl adjacent to an activating group) is 1. The smallest absolute Gasteiger partial charge is 0.220 e. The molecular formula is C23H49N2O2+. The molecule has 0 aromatic carbocycles. The molecule has 1 N–H and O–H groups in total. The average Bonchev–Trinajstić information content (AvgIpc) is 2.60. The van der Waals surface area contributed by atoms with Gasteiger partial charge in [0.15, 0.2) is 0 Å². The lowest BCUT2D eigenvalue weighted by Crippen LogP contribution is -2.41. The number of hydrogen-bond acceptors (Lipinski definition) is 2. The Balaban J connectivity index is 3.15. The SMILES string of the molecule is CCCCCCCCCCCCCOCCCCC(=O)NCC[N+](C)(C)C. The summed E-state index contributed by atoms with van der Waals surface area (Å²) in [5, 5.41) is 3.00. The van der Waals surface area contributed by atoms with Crippen LogP contribution in [0.1, 0.15) is 96.8 Å². The standard InChI is InChI=1S/C23H48N2O2/c1-5-6-7-8-9-10-11-12-13-14-16-21-27-22-17-15-18-23(26)24-19-20-25(2,3)4/h5-22H2,1-4H3/p+1. The molecule has 1 amide bonds. The number of quaternary nitrogens is 1. The maximum Gasteiger partial charge on any atom is 0.220 e. The van der Waals surface area contributed by atoms with Crippen molar-refractivity contribution >= 4 is 5.91 Å². The molecule has 4 heteroatoms. The molecule has 0 spiro atoms. The summed E-state index contributed by atoms with van der Waals surface area (Å²) >= 11 is 0. The zero-order chi connectivity index (χ0) is 20.2. The molecule has 0 aromatic heterocycles. The highest BCUT2D eigenvalue weighted by molar-refractivity contribution is 5.75. The van der Waals surface area contributed by atoms with E-state index in [0.29, 0.717) is 6.42 Å². The van der Waals surface area contributed by atoms with E-state index in [0.717, 1.165) is 43.6 Å². The molecule has 0 fully saturated rings. The number of nitrogens with zero attached hydrogens (tertiary/aromatic N) is 1. The molecule has 0 aliphatic heterocycles. The van der Waals surface area contributed by atoms with E-state index in [9.17, 15) is 4.79 Å². The Morgan fingerprint density at radius 1 is 0.741 bits per heavy atom. The first-order valence-corrected chi connectivity index (χ1v) is 11.6. The Bertz CT molecular complexity index is 327. The zero-order valence-electron chi connectivity index (χ0n) is 19.0. The van der Waals surface area contributed by atoms with Gasteiger partial charge in [0.25, 0.3) is 0 Å². The van der Waals surface area contributed by atoms with Crippen molar-refractivity contribution in [3.8, 4) is 0 Å². The van der Waals surface area contributed by atoms with Crippen molar-refractivity contribution in [1.29, 1.82) is 0 Å². The van der Waals surface area contributed by atoms with E-state index in [1.807, 2.05) is 0 Å². The number of amides is 1. The van der Waals surface area contributed by atoms with Crippen molar-refractivity contribution in [2.45, 2.75) is 96.8 Å². The van der Waals surface area contributed by atoms with Crippen LogP contribution in [0.3, 0.4) is 0 Å². The summed E-state index contributed by atoms with van der Waals surface area (Å²) in [6, 6.07) is 0. The molecule has 0 rings (SSSR count). The van der Waals surface area contributed by atoms with Gasteiger partial charge in [-0.25, -0.2) is 0 Å². The molecule has 0 unspecified atom stereocenters. The van der Waals surface area contributed by atoms with E-state index < -0.39 is 0 Å². The number of carbonyl (C=O) groups is 1. The molecule has 27 heavy (non-hydrogen) atoms. The Labute approximate surface area is 170 Å². The minimum Gasteiger partial charge on any atom is -0.381 e. The lowest BCUT2D eigenvalue weighted by atomic mass is 10.1. The lowest BCUT2D eigenvalue weighted by molar-refractivity contribution is -0.869. The topological polar surface area (TPSA) is 38.3 Å². The minimum atomic E-state index is 0.175. The monoisotopic (exact) mass is 385 g/mol. The first-order chi connectivity index (χ1) is 13.0. The second-order valence-electron chi connectivity index (χ2n) is 8.97. The molecule has 0 aliphatic rings. The highest BCUT2D eigenvalue weighted by atomic mass is 16.5. The Kier molecular flexibility index (Phi) is 18.3. The average molecular weight is 386 g/mol. The third-order valence-electron chi connectivity index (χ3n) is 4.94. The number of carbonyl (C=O) groups excluding carboxylic acids is 1. The molecule has 0 radical (unpaired) electrons. The first-order valence-electron chi connectivity index (χ1n) is 11.6. The first kappa shape index (κ1) is 26.4. The fraction of sp³-hybridized carbons (Fsp3) is 0.957. The molecule has 0 aliphatic carbocycles. The third kappa shape index (κ3) is 23.4. The van der Waals surface area contributed by atoms with Crippen LogP contribution >= 0.6 is 0 Å². The molecule has 0 aromatic rings. The van der Waals surface area contributed by atoms with E-state index in [2.05, 4.69) is 33.4 Å². The third-order valence-corrected chi connectivity index (χ3v) is 4.94. The molecular weight excluding hydrogens is 336 g/mol. The summed E-state index contributed by atoms with van der Waals surface area (Å²) < 4.78 is 6.57. The summed E-state index contributed by atoms with van der Waals surface area (Å²) in [5.41, 5.74) is 0. The van der Waals surface area contributed by atoms with Crippen molar-refractivity contribution in [2.75, 3.05) is 47.4 Å². The van der Waals surface area contributed by atoms with E-state index in [1.54, 1.807) is 0 Å².